The molecule has 26 heavy (non-hydrogen) atoms. The topological polar surface area (TPSA) is 38.1 Å². The molecule has 1 heterocycles. The van der Waals surface area contributed by atoms with Crippen LogP contribution in [0.2, 0.25) is 0 Å². The molecule has 132 valence electrons. The van der Waals surface area contributed by atoms with Crippen LogP contribution in [0.1, 0.15) is 42.9 Å². The van der Waals surface area contributed by atoms with E-state index in [1.807, 2.05) is 30.5 Å². The fourth-order valence-electron chi connectivity index (χ4n) is 4.33. The Morgan fingerprint density at radius 3 is 2.73 bits per heavy atom. The third kappa shape index (κ3) is 2.74. The van der Waals surface area contributed by atoms with Crippen LogP contribution < -0.4 is 5.56 Å². The lowest BCUT2D eigenvalue weighted by Gasteiger charge is -2.36. The van der Waals surface area contributed by atoms with Crippen LogP contribution in [0.5, 0.6) is 0 Å². The van der Waals surface area contributed by atoms with E-state index >= 15 is 0 Å². The number of hydrogen-bond donors (Lipinski definition) is 0. The summed E-state index contributed by atoms with van der Waals surface area (Å²) in [6.45, 7) is 0.577. The van der Waals surface area contributed by atoms with Crippen molar-refractivity contribution in [1.29, 1.82) is 0 Å². The molecule has 4 nitrogen and oxygen atoms in total. The highest BCUT2D eigenvalue weighted by molar-refractivity contribution is 5.80. The van der Waals surface area contributed by atoms with Crippen molar-refractivity contribution < 1.29 is 0 Å². The summed E-state index contributed by atoms with van der Waals surface area (Å²) < 4.78 is 1.65. The molecule has 1 unspecified atom stereocenters. The van der Waals surface area contributed by atoms with Crippen molar-refractivity contribution in [3.8, 4) is 0 Å². The summed E-state index contributed by atoms with van der Waals surface area (Å²) in [6.07, 6.45) is 7.80. The van der Waals surface area contributed by atoms with Crippen LogP contribution in [-0.2, 0) is 13.1 Å². The zero-order valence-corrected chi connectivity index (χ0v) is 14.8. The first-order chi connectivity index (χ1) is 12.8. The van der Waals surface area contributed by atoms with Crippen molar-refractivity contribution in [1.82, 2.24) is 14.7 Å². The van der Waals surface area contributed by atoms with E-state index in [2.05, 4.69) is 34.3 Å². The van der Waals surface area contributed by atoms with E-state index < -0.39 is 0 Å². The van der Waals surface area contributed by atoms with E-state index in [4.69, 9.17) is 0 Å². The molecule has 4 heteroatoms. The number of rotatable bonds is 4. The highest BCUT2D eigenvalue weighted by Gasteiger charge is 2.36. The van der Waals surface area contributed by atoms with E-state index in [9.17, 15) is 4.79 Å². The molecule has 0 N–H and O–H groups in total. The van der Waals surface area contributed by atoms with E-state index in [1.165, 1.54) is 36.8 Å². The van der Waals surface area contributed by atoms with Crippen LogP contribution in [0.3, 0.4) is 0 Å². The van der Waals surface area contributed by atoms with Gasteiger partial charge in [0.1, 0.15) is 0 Å². The van der Waals surface area contributed by atoms with Gasteiger partial charge in [-0.3, -0.25) is 9.69 Å². The predicted octanol–water partition coefficient (Wildman–Crippen LogP) is 3.90. The molecule has 0 radical (unpaired) electrons. The molecule has 1 fully saturated rings. The normalized spacial score (nSPS) is 19.7. The van der Waals surface area contributed by atoms with Gasteiger partial charge in [-0.05, 0) is 49.3 Å². The van der Waals surface area contributed by atoms with Crippen LogP contribution in [0.25, 0.3) is 10.8 Å². The summed E-state index contributed by atoms with van der Waals surface area (Å²) >= 11 is 0. The first kappa shape index (κ1) is 15.8. The first-order valence-electron chi connectivity index (χ1n) is 9.60. The van der Waals surface area contributed by atoms with Gasteiger partial charge in [-0.2, -0.15) is 5.10 Å². The van der Waals surface area contributed by atoms with Gasteiger partial charge in [0.2, 0.25) is 0 Å². The second-order valence-electron chi connectivity index (χ2n) is 7.53. The third-order valence-electron chi connectivity index (χ3n) is 5.81. The first-order valence-corrected chi connectivity index (χ1v) is 9.60. The fraction of sp³-hybridized carbons (Fsp3) is 0.364. The molecule has 1 aromatic heterocycles. The quantitative estimate of drug-likeness (QED) is 0.720. The monoisotopic (exact) mass is 345 g/mol. The molecular weight excluding hydrogens is 322 g/mol. The molecule has 0 amide bonds. The lowest BCUT2D eigenvalue weighted by atomic mass is 9.87. The van der Waals surface area contributed by atoms with Crippen LogP contribution in [-0.4, -0.2) is 20.7 Å². The maximum atomic E-state index is 12.9. The Labute approximate surface area is 153 Å². The SMILES string of the molecule is O=c1c2ccccc2cnn1CN(C1CC1)C1CCCc2ccccc21. The van der Waals surface area contributed by atoms with Crippen molar-refractivity contribution in [3.05, 3.63) is 76.2 Å². The van der Waals surface area contributed by atoms with Crippen molar-refractivity contribution in [2.45, 2.75) is 50.9 Å². The molecule has 1 atom stereocenters. The summed E-state index contributed by atoms with van der Waals surface area (Å²) in [5.41, 5.74) is 2.92. The summed E-state index contributed by atoms with van der Waals surface area (Å²) in [7, 11) is 0. The summed E-state index contributed by atoms with van der Waals surface area (Å²) in [6, 6.07) is 17.5. The van der Waals surface area contributed by atoms with Crippen LogP contribution in [0.4, 0.5) is 0 Å². The molecule has 0 saturated heterocycles. The number of nitrogens with zero attached hydrogens (tertiary/aromatic N) is 3. The van der Waals surface area contributed by atoms with E-state index in [-0.39, 0.29) is 5.56 Å². The van der Waals surface area contributed by atoms with Gasteiger partial charge in [0.25, 0.3) is 5.56 Å². The van der Waals surface area contributed by atoms with Crippen LogP contribution in [0, 0.1) is 0 Å². The van der Waals surface area contributed by atoms with Gasteiger partial charge in [-0.15, -0.1) is 0 Å². The molecule has 3 aromatic rings. The standard InChI is InChI=1S/C22H23N3O/c26-22-20-10-4-2-7-17(20)14-23-25(22)15-24(18-12-13-18)21-11-5-8-16-6-1-3-9-19(16)21/h1-4,6-7,9-10,14,18,21H,5,8,11-13,15H2. The van der Waals surface area contributed by atoms with Crippen LogP contribution in [0.15, 0.2) is 59.5 Å². The molecule has 0 aliphatic heterocycles. The van der Waals surface area contributed by atoms with Gasteiger partial charge in [0.15, 0.2) is 0 Å². The van der Waals surface area contributed by atoms with Crippen molar-refractivity contribution in [2.75, 3.05) is 0 Å². The Balaban J connectivity index is 1.52. The fourth-order valence-corrected chi connectivity index (χ4v) is 4.33. The van der Waals surface area contributed by atoms with E-state index in [0.717, 1.165) is 17.2 Å². The minimum atomic E-state index is 0.0119. The molecular formula is C22H23N3O. The molecule has 2 aliphatic rings. The van der Waals surface area contributed by atoms with Gasteiger partial charge in [-0.1, -0.05) is 42.5 Å². The molecule has 2 aromatic carbocycles. The maximum Gasteiger partial charge on any atom is 0.275 e. The predicted molar refractivity (Wildman–Crippen MR) is 103 cm³/mol. The Kier molecular flexibility index (Phi) is 3.86. The number of hydrogen-bond acceptors (Lipinski definition) is 3. The number of fused-ring (bicyclic) bond motifs is 2. The minimum absolute atomic E-state index is 0.0119. The largest absolute Gasteiger partial charge is 0.275 e. The van der Waals surface area contributed by atoms with Gasteiger partial charge < -0.3 is 0 Å². The van der Waals surface area contributed by atoms with Gasteiger partial charge in [0.05, 0.1) is 18.3 Å². The molecule has 0 spiro atoms. The second-order valence-corrected chi connectivity index (χ2v) is 7.53. The van der Waals surface area contributed by atoms with Crippen LogP contribution >= 0.6 is 0 Å². The summed E-state index contributed by atoms with van der Waals surface area (Å²) in [4.78, 5) is 15.4. The van der Waals surface area contributed by atoms with Gasteiger partial charge in [-0.25, -0.2) is 4.68 Å². The zero-order valence-electron chi connectivity index (χ0n) is 14.8. The second kappa shape index (κ2) is 6.36. The zero-order chi connectivity index (χ0) is 17.5. The van der Waals surface area contributed by atoms with Gasteiger partial charge >= 0.3 is 0 Å². The number of aryl methyl sites for hydroxylation is 1. The van der Waals surface area contributed by atoms with E-state index in [1.54, 1.807) is 4.68 Å². The Hall–Kier alpha value is -2.46. The number of aromatic nitrogens is 2. The average Bonchev–Trinajstić information content (AvgIpc) is 3.53. The molecule has 0 bridgehead atoms. The highest BCUT2D eigenvalue weighted by atomic mass is 16.1. The Bertz CT molecular complexity index is 1010. The van der Waals surface area contributed by atoms with Crippen molar-refractivity contribution in [2.24, 2.45) is 0 Å². The van der Waals surface area contributed by atoms with Crippen molar-refractivity contribution in [3.63, 3.8) is 0 Å². The summed E-state index contributed by atoms with van der Waals surface area (Å²) in [5, 5.41) is 6.13. The van der Waals surface area contributed by atoms with E-state index in [0.29, 0.717) is 18.8 Å². The highest BCUT2D eigenvalue weighted by Crippen LogP contribution is 2.40. The lowest BCUT2D eigenvalue weighted by Crippen LogP contribution is -2.39. The minimum Gasteiger partial charge on any atom is -0.274 e. The molecule has 1 saturated carbocycles. The van der Waals surface area contributed by atoms with Crippen molar-refractivity contribution >= 4 is 10.8 Å². The van der Waals surface area contributed by atoms with Gasteiger partial charge in [0, 0.05) is 17.5 Å². The molecule has 2 aliphatic carbocycles. The average molecular weight is 345 g/mol. The Morgan fingerprint density at radius 2 is 1.85 bits per heavy atom. The smallest absolute Gasteiger partial charge is 0.274 e. The molecule has 5 rings (SSSR count). The third-order valence-corrected chi connectivity index (χ3v) is 5.81. The maximum absolute atomic E-state index is 12.9. The lowest BCUT2D eigenvalue weighted by molar-refractivity contribution is 0.117. The summed E-state index contributed by atoms with van der Waals surface area (Å²) in [5.74, 6) is 0. The Morgan fingerprint density at radius 1 is 1.04 bits per heavy atom. The number of benzene rings is 2.